The number of carbonyl (C=O) groups is 1. The lowest BCUT2D eigenvalue weighted by molar-refractivity contribution is -0.120. The second-order valence-corrected chi connectivity index (χ2v) is 8.31. The van der Waals surface area contributed by atoms with Crippen molar-refractivity contribution in [1.82, 2.24) is 14.3 Å². The molecule has 134 valence electrons. The molecule has 1 aliphatic rings. The number of hydrogen-bond acceptors (Lipinski definition) is 4. The topological polar surface area (TPSA) is 95.2 Å². The maximum Gasteiger partial charge on any atom is 0.260 e. The van der Waals surface area contributed by atoms with Gasteiger partial charge in [0, 0.05) is 24.7 Å². The summed E-state index contributed by atoms with van der Waals surface area (Å²) in [4.78, 5) is 18.9. The fraction of sp³-hybridized carbons (Fsp3) is 0.412. The minimum absolute atomic E-state index is 0.0504. The first kappa shape index (κ1) is 17.6. The van der Waals surface area contributed by atoms with Crippen LogP contribution in [-0.4, -0.2) is 41.7 Å². The lowest BCUT2D eigenvalue weighted by Gasteiger charge is -2.30. The van der Waals surface area contributed by atoms with Crippen molar-refractivity contribution in [2.24, 2.45) is 5.92 Å². The highest BCUT2D eigenvalue weighted by molar-refractivity contribution is 7.89. The van der Waals surface area contributed by atoms with Crippen LogP contribution in [0.3, 0.4) is 0 Å². The molecule has 25 heavy (non-hydrogen) atoms. The molecule has 1 aliphatic heterocycles. The van der Waals surface area contributed by atoms with Crippen LogP contribution >= 0.6 is 0 Å². The van der Waals surface area contributed by atoms with Gasteiger partial charge in [-0.15, -0.1) is 0 Å². The smallest absolute Gasteiger partial charge is 0.260 e. The van der Waals surface area contributed by atoms with E-state index in [0.717, 1.165) is 16.8 Å². The van der Waals surface area contributed by atoms with E-state index in [1.165, 1.54) is 16.8 Å². The standard InChI is InChI=1S/C17H22N4O3S/c1-12-3-4-15(13(2)9-12)20-17(22)14-5-7-21(8-6-14)25(23,24)16-10-18-11-19-16/h3-4,9-11,14H,5-8H2,1-2H3,(H,18,19)(H,20,22). The fourth-order valence-electron chi connectivity index (χ4n) is 3.07. The highest BCUT2D eigenvalue weighted by Crippen LogP contribution is 2.25. The van der Waals surface area contributed by atoms with Crippen molar-refractivity contribution in [3.63, 3.8) is 0 Å². The van der Waals surface area contributed by atoms with Crippen molar-refractivity contribution in [2.45, 2.75) is 31.7 Å². The predicted molar refractivity (Wildman–Crippen MR) is 94.6 cm³/mol. The molecule has 1 saturated heterocycles. The first-order valence-corrected chi connectivity index (χ1v) is 9.68. The Morgan fingerprint density at radius 1 is 1.28 bits per heavy atom. The van der Waals surface area contributed by atoms with E-state index in [9.17, 15) is 13.2 Å². The molecule has 1 aromatic heterocycles. The van der Waals surface area contributed by atoms with Crippen LogP contribution in [0.5, 0.6) is 0 Å². The van der Waals surface area contributed by atoms with Crippen molar-refractivity contribution < 1.29 is 13.2 Å². The zero-order chi connectivity index (χ0) is 18.0. The molecule has 0 aliphatic carbocycles. The Balaban J connectivity index is 1.61. The number of imidazole rings is 1. The van der Waals surface area contributed by atoms with Gasteiger partial charge in [0.1, 0.15) is 0 Å². The molecule has 2 N–H and O–H groups in total. The first-order chi connectivity index (χ1) is 11.9. The number of anilines is 1. The molecule has 7 nitrogen and oxygen atoms in total. The van der Waals surface area contributed by atoms with Gasteiger partial charge in [0.15, 0.2) is 5.03 Å². The van der Waals surface area contributed by atoms with Crippen LogP contribution in [0.1, 0.15) is 24.0 Å². The predicted octanol–water partition coefficient (Wildman–Crippen LogP) is 2.07. The lowest BCUT2D eigenvalue weighted by atomic mass is 9.97. The van der Waals surface area contributed by atoms with Crippen molar-refractivity contribution in [2.75, 3.05) is 18.4 Å². The number of sulfonamides is 1. The highest BCUT2D eigenvalue weighted by Gasteiger charge is 2.32. The van der Waals surface area contributed by atoms with Gasteiger partial charge in [0.05, 0.1) is 12.5 Å². The van der Waals surface area contributed by atoms with Crippen molar-refractivity contribution in [3.8, 4) is 0 Å². The third-order valence-electron chi connectivity index (χ3n) is 4.56. The maximum atomic E-state index is 12.5. The summed E-state index contributed by atoms with van der Waals surface area (Å²) in [5, 5.41) is 3.05. The summed E-state index contributed by atoms with van der Waals surface area (Å²) in [5.74, 6) is -0.237. The van der Waals surface area contributed by atoms with E-state index in [1.807, 2.05) is 32.0 Å². The van der Waals surface area contributed by atoms with Gasteiger partial charge in [0.25, 0.3) is 10.0 Å². The molecular formula is C17H22N4O3S. The Morgan fingerprint density at radius 3 is 2.60 bits per heavy atom. The number of rotatable bonds is 4. The summed E-state index contributed by atoms with van der Waals surface area (Å²) in [6.45, 7) is 4.62. The van der Waals surface area contributed by atoms with Gasteiger partial charge in [-0.3, -0.25) is 4.79 Å². The summed E-state index contributed by atoms with van der Waals surface area (Å²) >= 11 is 0. The minimum Gasteiger partial charge on any atom is -0.335 e. The zero-order valence-electron chi connectivity index (χ0n) is 14.3. The molecule has 1 amide bonds. The largest absolute Gasteiger partial charge is 0.335 e. The summed E-state index contributed by atoms with van der Waals surface area (Å²) in [7, 11) is -3.55. The molecule has 8 heteroatoms. The molecule has 0 radical (unpaired) electrons. The minimum atomic E-state index is -3.55. The lowest BCUT2D eigenvalue weighted by Crippen LogP contribution is -2.41. The third-order valence-corrected chi connectivity index (χ3v) is 6.38. The molecule has 3 rings (SSSR count). The number of aryl methyl sites for hydroxylation is 2. The van der Waals surface area contributed by atoms with Gasteiger partial charge in [-0.05, 0) is 38.3 Å². The number of aromatic nitrogens is 2. The molecular weight excluding hydrogens is 340 g/mol. The van der Waals surface area contributed by atoms with E-state index < -0.39 is 10.0 Å². The summed E-state index contributed by atoms with van der Waals surface area (Å²) in [5.41, 5.74) is 2.98. The van der Waals surface area contributed by atoms with E-state index >= 15 is 0 Å². The second kappa shape index (κ2) is 6.97. The van der Waals surface area contributed by atoms with Crippen molar-refractivity contribution >= 4 is 21.6 Å². The van der Waals surface area contributed by atoms with E-state index in [1.54, 1.807) is 0 Å². The summed E-state index contributed by atoms with van der Waals surface area (Å²) in [6.07, 6.45) is 3.65. The van der Waals surface area contributed by atoms with E-state index in [0.29, 0.717) is 25.9 Å². The van der Waals surface area contributed by atoms with E-state index in [-0.39, 0.29) is 16.9 Å². The van der Waals surface area contributed by atoms with Crippen LogP contribution in [0.2, 0.25) is 0 Å². The average Bonchev–Trinajstić information content (AvgIpc) is 3.13. The Kier molecular flexibility index (Phi) is 4.91. The molecule has 2 aromatic rings. The Labute approximate surface area is 147 Å². The Bertz CT molecular complexity index is 854. The molecule has 0 bridgehead atoms. The van der Waals surface area contributed by atoms with Crippen LogP contribution in [0.4, 0.5) is 5.69 Å². The molecule has 0 unspecified atom stereocenters. The number of nitrogens with zero attached hydrogens (tertiary/aromatic N) is 2. The van der Waals surface area contributed by atoms with Gasteiger partial charge >= 0.3 is 0 Å². The average molecular weight is 362 g/mol. The molecule has 0 spiro atoms. The molecule has 2 heterocycles. The van der Waals surface area contributed by atoms with Gasteiger partial charge in [-0.2, -0.15) is 4.31 Å². The zero-order valence-corrected chi connectivity index (χ0v) is 15.1. The van der Waals surface area contributed by atoms with Crippen LogP contribution < -0.4 is 5.32 Å². The third kappa shape index (κ3) is 3.74. The number of H-pyrrole nitrogens is 1. The monoisotopic (exact) mass is 362 g/mol. The number of aromatic amines is 1. The Morgan fingerprint density at radius 2 is 2.00 bits per heavy atom. The number of nitrogens with one attached hydrogen (secondary N) is 2. The number of hydrogen-bond donors (Lipinski definition) is 2. The summed E-state index contributed by atoms with van der Waals surface area (Å²) in [6, 6.07) is 5.89. The second-order valence-electron chi connectivity index (χ2n) is 6.40. The van der Waals surface area contributed by atoms with Crippen LogP contribution in [0.25, 0.3) is 0 Å². The fourth-order valence-corrected chi connectivity index (χ4v) is 4.44. The molecule has 1 aromatic carbocycles. The number of benzene rings is 1. The molecule has 1 fully saturated rings. The van der Waals surface area contributed by atoms with Crippen LogP contribution in [0, 0.1) is 19.8 Å². The number of piperidine rings is 1. The molecule has 0 saturated carbocycles. The first-order valence-electron chi connectivity index (χ1n) is 8.24. The maximum absolute atomic E-state index is 12.5. The van der Waals surface area contributed by atoms with Crippen molar-refractivity contribution in [3.05, 3.63) is 41.9 Å². The van der Waals surface area contributed by atoms with Gasteiger partial charge in [-0.1, -0.05) is 17.7 Å². The normalized spacial score (nSPS) is 16.7. The number of amides is 1. The van der Waals surface area contributed by atoms with Gasteiger partial charge < -0.3 is 10.3 Å². The van der Waals surface area contributed by atoms with Gasteiger partial charge in [-0.25, -0.2) is 13.4 Å². The van der Waals surface area contributed by atoms with E-state index in [4.69, 9.17) is 0 Å². The SMILES string of the molecule is Cc1ccc(NC(=O)C2CCN(S(=O)(=O)c3cnc[nH]3)CC2)c(C)c1. The number of carbonyl (C=O) groups excluding carboxylic acids is 1. The Hall–Kier alpha value is -2.19. The van der Waals surface area contributed by atoms with Crippen LogP contribution in [-0.2, 0) is 14.8 Å². The van der Waals surface area contributed by atoms with Crippen LogP contribution in [0.15, 0.2) is 35.7 Å². The van der Waals surface area contributed by atoms with E-state index in [2.05, 4.69) is 15.3 Å². The van der Waals surface area contributed by atoms with Crippen molar-refractivity contribution in [1.29, 1.82) is 0 Å². The highest BCUT2D eigenvalue weighted by atomic mass is 32.2. The van der Waals surface area contributed by atoms with Gasteiger partial charge in [0.2, 0.25) is 5.91 Å². The quantitative estimate of drug-likeness (QED) is 0.870. The summed E-state index contributed by atoms with van der Waals surface area (Å²) < 4.78 is 26.3. The molecule has 0 atom stereocenters.